The summed E-state index contributed by atoms with van der Waals surface area (Å²) in [6, 6.07) is 15.1. The molecule has 1 heterocycles. The quantitative estimate of drug-likeness (QED) is 0.279. The van der Waals surface area contributed by atoms with Crippen LogP contribution in [0.15, 0.2) is 69.0 Å². The summed E-state index contributed by atoms with van der Waals surface area (Å²) in [5, 5.41) is 6.24. The zero-order valence-corrected chi connectivity index (χ0v) is 19.2. The molecule has 0 atom stereocenters. The molecule has 2 amide bonds. The summed E-state index contributed by atoms with van der Waals surface area (Å²) >= 11 is 0. The molecule has 172 valence electrons. The van der Waals surface area contributed by atoms with Gasteiger partial charge in [0, 0.05) is 5.69 Å². The van der Waals surface area contributed by atoms with Gasteiger partial charge in [-0.25, -0.2) is 18.6 Å². The molecule has 3 aromatic rings. The lowest BCUT2D eigenvalue weighted by atomic mass is 10.1. The molecule has 0 fully saturated rings. The molecule has 9 nitrogen and oxygen atoms in total. The van der Waals surface area contributed by atoms with E-state index in [0.29, 0.717) is 11.4 Å². The molecule has 0 radical (unpaired) electrons. The molecule has 3 N–H and O–H groups in total. The minimum atomic E-state index is -3.68. The highest BCUT2D eigenvalue weighted by Gasteiger charge is 2.15. The van der Waals surface area contributed by atoms with Crippen LogP contribution in [0.4, 0.5) is 5.69 Å². The van der Waals surface area contributed by atoms with Crippen molar-refractivity contribution in [2.45, 2.75) is 32.2 Å². The molecule has 2 aromatic carbocycles. The molecule has 3 rings (SSSR count). The molecule has 0 bridgehead atoms. The number of benzene rings is 2. The number of hydrogen-bond acceptors (Lipinski definition) is 6. The number of rotatable bonds is 7. The number of furan rings is 1. The van der Waals surface area contributed by atoms with Gasteiger partial charge in [-0.3, -0.25) is 9.59 Å². The van der Waals surface area contributed by atoms with Gasteiger partial charge in [0.05, 0.1) is 17.7 Å². The fraction of sp³-hybridized carbons (Fsp3) is 0.174. The molecule has 0 saturated heterocycles. The first-order chi connectivity index (χ1) is 15.6. The number of amides is 2. The van der Waals surface area contributed by atoms with E-state index in [0.717, 1.165) is 16.7 Å². The highest BCUT2D eigenvalue weighted by Crippen LogP contribution is 2.16. The fourth-order valence-electron chi connectivity index (χ4n) is 2.78. The third kappa shape index (κ3) is 6.61. The number of nitrogens with zero attached hydrogens (tertiary/aromatic N) is 1. The number of hydrogen-bond donors (Lipinski definition) is 3. The Kier molecular flexibility index (Phi) is 7.41. The van der Waals surface area contributed by atoms with E-state index in [-0.39, 0.29) is 17.2 Å². The minimum Gasteiger partial charge on any atom is -0.459 e. The molecule has 1 aromatic heterocycles. The zero-order chi connectivity index (χ0) is 24.0. The maximum atomic E-state index is 12.3. The maximum Gasteiger partial charge on any atom is 0.329 e. The zero-order valence-electron chi connectivity index (χ0n) is 18.4. The predicted molar refractivity (Wildman–Crippen MR) is 124 cm³/mol. The molecule has 0 aliphatic rings. The van der Waals surface area contributed by atoms with Crippen molar-refractivity contribution in [3.05, 3.63) is 82.8 Å². The van der Waals surface area contributed by atoms with E-state index >= 15 is 0 Å². The molecule has 0 saturated carbocycles. The lowest BCUT2D eigenvalue weighted by Crippen LogP contribution is -2.32. The van der Waals surface area contributed by atoms with Crippen LogP contribution in [0.3, 0.4) is 0 Å². The van der Waals surface area contributed by atoms with E-state index in [2.05, 4.69) is 20.6 Å². The highest BCUT2D eigenvalue weighted by atomic mass is 32.2. The lowest BCUT2D eigenvalue weighted by Gasteiger charge is -2.08. The lowest BCUT2D eigenvalue weighted by molar-refractivity contribution is -0.136. The molecular formula is C23H24N4O5S. The molecule has 0 unspecified atom stereocenters. The topological polar surface area (TPSA) is 130 Å². The van der Waals surface area contributed by atoms with Gasteiger partial charge in [0.25, 0.3) is 0 Å². The third-order valence-corrected chi connectivity index (χ3v) is 6.07. The Morgan fingerprint density at radius 1 is 0.939 bits per heavy atom. The van der Waals surface area contributed by atoms with Crippen LogP contribution < -0.4 is 15.5 Å². The van der Waals surface area contributed by atoms with Crippen LogP contribution in [0.2, 0.25) is 0 Å². The van der Waals surface area contributed by atoms with E-state index in [1.54, 1.807) is 30.3 Å². The van der Waals surface area contributed by atoms with Crippen LogP contribution in [0.5, 0.6) is 0 Å². The number of carbonyl (C=O) groups excluding carboxylic acids is 2. The smallest absolute Gasteiger partial charge is 0.329 e. The highest BCUT2D eigenvalue weighted by molar-refractivity contribution is 7.89. The van der Waals surface area contributed by atoms with Crippen LogP contribution in [0, 0.1) is 20.8 Å². The summed E-state index contributed by atoms with van der Waals surface area (Å²) in [6.45, 7) is 5.51. The number of hydrazone groups is 1. The summed E-state index contributed by atoms with van der Waals surface area (Å²) in [5.41, 5.74) is 5.40. The Hall–Kier alpha value is -3.76. The maximum absolute atomic E-state index is 12.3. The van der Waals surface area contributed by atoms with E-state index in [9.17, 15) is 18.0 Å². The van der Waals surface area contributed by atoms with Crippen LogP contribution >= 0.6 is 0 Å². The Morgan fingerprint density at radius 3 is 2.36 bits per heavy atom. The van der Waals surface area contributed by atoms with Gasteiger partial charge in [-0.15, -0.1) is 0 Å². The van der Waals surface area contributed by atoms with Gasteiger partial charge in [-0.05, 0) is 62.2 Å². The Labute approximate surface area is 191 Å². The number of anilines is 1. The molecule has 0 spiro atoms. The molecule has 10 heteroatoms. The molecular weight excluding hydrogens is 444 g/mol. The van der Waals surface area contributed by atoms with Crippen molar-refractivity contribution in [1.82, 2.24) is 10.1 Å². The number of nitrogens with one attached hydrogen (secondary N) is 3. The standard InChI is InChI=1S/C23H24N4O5S/c1-15-5-10-20(11-6-15)33(30,31)25-14-19-9-8-18(32-19)13-24-27-23(29)22(28)26-21-12-16(2)4-7-17(21)3/h4-13,25H,14H2,1-3H3,(H,26,28)(H,27,29)/b24-13+. The Morgan fingerprint density at radius 2 is 1.64 bits per heavy atom. The average molecular weight is 469 g/mol. The van der Waals surface area contributed by atoms with Crippen molar-refractivity contribution in [3.63, 3.8) is 0 Å². The van der Waals surface area contributed by atoms with Crippen molar-refractivity contribution >= 4 is 33.7 Å². The summed E-state index contributed by atoms with van der Waals surface area (Å²) in [5.74, 6) is -1.17. The SMILES string of the molecule is Cc1ccc(S(=O)(=O)NCc2ccc(/C=N/NC(=O)C(=O)Nc3cc(C)ccc3C)o2)cc1. The van der Waals surface area contributed by atoms with Crippen LogP contribution in [0.25, 0.3) is 0 Å². The first-order valence-electron chi connectivity index (χ1n) is 10.0. The Balaban J connectivity index is 1.52. The average Bonchev–Trinajstić information content (AvgIpc) is 3.23. The van der Waals surface area contributed by atoms with Crippen molar-refractivity contribution in [3.8, 4) is 0 Å². The molecule has 0 aliphatic carbocycles. The van der Waals surface area contributed by atoms with E-state index in [1.807, 2.05) is 32.9 Å². The Bertz CT molecular complexity index is 1290. The van der Waals surface area contributed by atoms with Crippen LogP contribution in [-0.2, 0) is 26.2 Å². The van der Waals surface area contributed by atoms with Gasteiger partial charge in [0.1, 0.15) is 11.5 Å². The van der Waals surface area contributed by atoms with E-state index in [4.69, 9.17) is 4.42 Å². The van der Waals surface area contributed by atoms with Gasteiger partial charge < -0.3 is 9.73 Å². The number of aryl methyl sites for hydroxylation is 3. The number of sulfonamides is 1. The predicted octanol–water partition coefficient (Wildman–Crippen LogP) is 2.77. The van der Waals surface area contributed by atoms with E-state index in [1.165, 1.54) is 18.3 Å². The molecule has 0 aliphatic heterocycles. The summed E-state index contributed by atoms with van der Waals surface area (Å²) in [6.07, 6.45) is 1.21. The first-order valence-corrected chi connectivity index (χ1v) is 11.5. The van der Waals surface area contributed by atoms with Crippen molar-refractivity contribution < 1.29 is 22.4 Å². The largest absolute Gasteiger partial charge is 0.459 e. The van der Waals surface area contributed by atoms with Crippen molar-refractivity contribution in [2.24, 2.45) is 5.10 Å². The van der Waals surface area contributed by atoms with Gasteiger partial charge in [0.2, 0.25) is 10.0 Å². The van der Waals surface area contributed by atoms with Crippen molar-refractivity contribution in [2.75, 3.05) is 5.32 Å². The van der Waals surface area contributed by atoms with E-state index < -0.39 is 21.8 Å². The summed E-state index contributed by atoms with van der Waals surface area (Å²) < 4.78 is 32.6. The second-order valence-corrected chi connectivity index (χ2v) is 9.18. The second-order valence-electron chi connectivity index (χ2n) is 7.41. The van der Waals surface area contributed by atoms with Gasteiger partial charge in [0.15, 0.2) is 0 Å². The first kappa shape index (κ1) is 23.9. The fourth-order valence-corrected chi connectivity index (χ4v) is 3.77. The van der Waals surface area contributed by atoms with Crippen LogP contribution in [0.1, 0.15) is 28.2 Å². The van der Waals surface area contributed by atoms with Gasteiger partial charge >= 0.3 is 11.8 Å². The monoisotopic (exact) mass is 468 g/mol. The molecule has 33 heavy (non-hydrogen) atoms. The summed E-state index contributed by atoms with van der Waals surface area (Å²) in [7, 11) is -3.68. The third-order valence-electron chi connectivity index (χ3n) is 4.66. The van der Waals surface area contributed by atoms with Crippen LogP contribution in [-0.4, -0.2) is 26.4 Å². The summed E-state index contributed by atoms with van der Waals surface area (Å²) in [4.78, 5) is 24.2. The number of carbonyl (C=O) groups is 2. The minimum absolute atomic E-state index is 0.0609. The normalized spacial score (nSPS) is 11.5. The van der Waals surface area contributed by atoms with Gasteiger partial charge in [-0.2, -0.15) is 5.10 Å². The second kappa shape index (κ2) is 10.2. The van der Waals surface area contributed by atoms with Crippen molar-refractivity contribution in [1.29, 1.82) is 0 Å². The van der Waals surface area contributed by atoms with Gasteiger partial charge in [-0.1, -0.05) is 29.8 Å².